The summed E-state index contributed by atoms with van der Waals surface area (Å²) in [4.78, 5) is 16.8. The van der Waals surface area contributed by atoms with Gasteiger partial charge in [0.2, 0.25) is 10.0 Å². The van der Waals surface area contributed by atoms with Crippen molar-refractivity contribution in [1.29, 1.82) is 0 Å². The van der Waals surface area contributed by atoms with Crippen LogP contribution in [-0.4, -0.2) is 25.6 Å². The molecule has 0 aliphatic rings. The number of pyridine rings is 1. The Balaban J connectivity index is 0. The molecule has 0 saturated carbocycles. The summed E-state index contributed by atoms with van der Waals surface area (Å²) >= 11 is 0. The molecule has 1 amide bonds. The smallest absolute Gasteiger partial charge is 1.00 e. The van der Waals surface area contributed by atoms with Gasteiger partial charge in [0.25, 0.3) is 5.91 Å². The van der Waals surface area contributed by atoms with Gasteiger partial charge in [-0.15, -0.1) is 4.83 Å². The number of sulfonamides is 1. The number of hydrogen-bond acceptors (Lipinski definition) is 4. The number of nitrogens with one attached hydrogen (secondary N) is 2. The van der Waals surface area contributed by atoms with Crippen molar-refractivity contribution in [2.45, 2.75) is 0 Å². The molecule has 2 N–H and O–H groups in total. The number of hydrazine groups is 1. The van der Waals surface area contributed by atoms with E-state index in [9.17, 15) is 13.2 Å². The molecule has 0 aromatic carbocycles. The summed E-state index contributed by atoms with van der Waals surface area (Å²) in [5.41, 5.74) is 2.36. The van der Waals surface area contributed by atoms with Crippen LogP contribution in [0.5, 0.6) is 0 Å². The minimum Gasteiger partial charge on any atom is -1.00 e. The average molecular weight is 239 g/mol. The van der Waals surface area contributed by atoms with E-state index in [0.717, 1.165) is 6.26 Å². The number of carbonyl (C=O) groups excluding carboxylic acids is 1. The molecule has 1 rings (SSSR count). The molecule has 0 atom stereocenters. The number of aromatic nitrogens is 1. The molecule has 0 fully saturated rings. The molecule has 0 radical (unpaired) electrons. The first-order valence-electron chi connectivity index (χ1n) is 3.66. The normalized spacial score (nSPS) is 10.2. The predicted octanol–water partition coefficient (Wildman–Crippen LogP) is -3.61. The van der Waals surface area contributed by atoms with Gasteiger partial charge in [-0.3, -0.25) is 15.2 Å². The Bertz CT molecular complexity index is 426. The summed E-state index contributed by atoms with van der Waals surface area (Å²) in [5.74, 6) is -0.530. The van der Waals surface area contributed by atoms with E-state index in [1.807, 2.05) is 10.3 Å². The Morgan fingerprint density at radius 1 is 1.40 bits per heavy atom. The standard InChI is InChI=1S/C7H9N3O3S.Na.H/c1-14(12,13)10-9-7(11)6-2-4-8-5-3-6;;/h2-5,10H,1H3,(H,9,11);;/q;+1;-1. The largest absolute Gasteiger partial charge is 1.00 e. The molecule has 0 aliphatic heterocycles. The summed E-state index contributed by atoms with van der Waals surface area (Å²) in [5, 5.41) is 0. The molecular formula is C7H10N3NaO3S. The molecule has 8 heteroatoms. The van der Waals surface area contributed by atoms with Crippen LogP contribution in [0.2, 0.25) is 0 Å². The van der Waals surface area contributed by atoms with Gasteiger partial charge in [-0.25, -0.2) is 8.42 Å². The third-order valence-electron chi connectivity index (χ3n) is 1.29. The van der Waals surface area contributed by atoms with E-state index in [4.69, 9.17) is 0 Å². The van der Waals surface area contributed by atoms with E-state index >= 15 is 0 Å². The average Bonchev–Trinajstić information content (AvgIpc) is 2.14. The van der Waals surface area contributed by atoms with Crippen molar-refractivity contribution in [3.05, 3.63) is 30.1 Å². The number of carbonyl (C=O) groups is 1. The molecular weight excluding hydrogens is 229 g/mol. The van der Waals surface area contributed by atoms with Crippen molar-refractivity contribution < 1.29 is 44.2 Å². The summed E-state index contributed by atoms with van der Waals surface area (Å²) in [6.07, 6.45) is 3.82. The minimum atomic E-state index is -3.42. The zero-order valence-corrected chi connectivity index (χ0v) is 11.2. The van der Waals surface area contributed by atoms with Crippen LogP contribution in [0.15, 0.2) is 24.5 Å². The molecule has 1 aromatic heterocycles. The second kappa shape index (κ2) is 6.19. The fraction of sp³-hybridized carbons (Fsp3) is 0.143. The van der Waals surface area contributed by atoms with E-state index in [1.165, 1.54) is 24.5 Å². The van der Waals surface area contributed by atoms with Crippen LogP contribution in [0.1, 0.15) is 11.8 Å². The number of nitrogens with zero attached hydrogens (tertiary/aromatic N) is 1. The van der Waals surface area contributed by atoms with Crippen LogP contribution in [0.4, 0.5) is 0 Å². The minimum absolute atomic E-state index is 0. The molecule has 1 heterocycles. The van der Waals surface area contributed by atoms with Crippen LogP contribution >= 0.6 is 0 Å². The van der Waals surface area contributed by atoms with Gasteiger partial charge in [0.15, 0.2) is 0 Å². The molecule has 0 bridgehead atoms. The first kappa shape index (κ1) is 14.5. The second-order valence-corrected chi connectivity index (χ2v) is 4.31. The fourth-order valence-corrected chi connectivity index (χ4v) is 0.993. The molecule has 0 unspecified atom stereocenters. The number of rotatable bonds is 3. The zero-order chi connectivity index (χ0) is 10.6. The Hall–Kier alpha value is -0.470. The maximum absolute atomic E-state index is 11.2. The van der Waals surface area contributed by atoms with Crippen molar-refractivity contribution in [3.63, 3.8) is 0 Å². The van der Waals surface area contributed by atoms with Crippen molar-refractivity contribution in [3.8, 4) is 0 Å². The number of amides is 1. The number of hydrogen-bond donors (Lipinski definition) is 2. The van der Waals surface area contributed by atoms with Crippen molar-refractivity contribution in [2.24, 2.45) is 0 Å². The van der Waals surface area contributed by atoms with Crippen molar-refractivity contribution >= 4 is 15.9 Å². The van der Waals surface area contributed by atoms with Crippen LogP contribution in [0.3, 0.4) is 0 Å². The fourth-order valence-electron chi connectivity index (χ4n) is 0.715. The monoisotopic (exact) mass is 239 g/mol. The van der Waals surface area contributed by atoms with Crippen molar-refractivity contribution in [1.82, 2.24) is 15.2 Å². The van der Waals surface area contributed by atoms with E-state index < -0.39 is 15.9 Å². The van der Waals surface area contributed by atoms with Gasteiger partial charge < -0.3 is 1.43 Å². The summed E-state index contributed by atoms with van der Waals surface area (Å²) in [6.45, 7) is 0. The van der Waals surface area contributed by atoms with Gasteiger partial charge in [-0.2, -0.15) is 0 Å². The maximum atomic E-state index is 11.2. The van der Waals surface area contributed by atoms with Gasteiger partial charge in [-0.1, -0.05) is 0 Å². The molecule has 6 nitrogen and oxygen atoms in total. The molecule has 15 heavy (non-hydrogen) atoms. The van der Waals surface area contributed by atoms with E-state index in [2.05, 4.69) is 4.98 Å². The third-order valence-corrected chi connectivity index (χ3v) is 1.77. The van der Waals surface area contributed by atoms with Crippen LogP contribution in [-0.2, 0) is 10.0 Å². The van der Waals surface area contributed by atoms with Crippen LogP contribution in [0, 0.1) is 0 Å². The van der Waals surface area contributed by atoms with Gasteiger partial charge in [0.1, 0.15) is 0 Å². The SMILES string of the molecule is CS(=O)(=O)NNC(=O)c1ccncc1.[H-].[Na+]. The Kier molecular flexibility index (Phi) is 5.99. The topological polar surface area (TPSA) is 88.2 Å². The van der Waals surface area contributed by atoms with Gasteiger partial charge in [0.05, 0.1) is 6.26 Å². The predicted molar refractivity (Wildman–Crippen MR) is 50.8 cm³/mol. The van der Waals surface area contributed by atoms with Gasteiger partial charge in [-0.05, 0) is 12.1 Å². The summed E-state index contributed by atoms with van der Waals surface area (Å²) in [7, 11) is -3.42. The first-order chi connectivity index (χ1) is 6.49. The zero-order valence-electron chi connectivity index (χ0n) is 9.39. The summed E-state index contributed by atoms with van der Waals surface area (Å²) in [6, 6.07) is 2.94. The second-order valence-electron chi connectivity index (χ2n) is 2.56. The quantitative estimate of drug-likeness (QED) is 0.421. The first-order valence-corrected chi connectivity index (χ1v) is 5.55. The molecule has 1 aromatic rings. The van der Waals surface area contributed by atoms with E-state index in [1.54, 1.807) is 0 Å². The Morgan fingerprint density at radius 3 is 2.40 bits per heavy atom. The van der Waals surface area contributed by atoms with Crippen LogP contribution < -0.4 is 39.8 Å². The third kappa shape index (κ3) is 5.85. The van der Waals surface area contributed by atoms with Gasteiger partial charge in [0, 0.05) is 18.0 Å². The summed E-state index contributed by atoms with van der Waals surface area (Å²) < 4.78 is 21.3. The van der Waals surface area contributed by atoms with Crippen molar-refractivity contribution in [2.75, 3.05) is 6.26 Å². The molecule has 0 aliphatic carbocycles. The maximum Gasteiger partial charge on any atom is 1.00 e. The van der Waals surface area contributed by atoms with E-state index in [0.29, 0.717) is 5.56 Å². The van der Waals surface area contributed by atoms with Gasteiger partial charge >= 0.3 is 29.6 Å². The molecule has 0 spiro atoms. The van der Waals surface area contributed by atoms with E-state index in [-0.39, 0.29) is 31.0 Å². The van der Waals surface area contributed by atoms with Crippen LogP contribution in [0.25, 0.3) is 0 Å². The molecule has 78 valence electrons. The Morgan fingerprint density at radius 2 is 1.93 bits per heavy atom. The Labute approximate surface area is 111 Å². The molecule has 0 saturated heterocycles.